The third-order valence-electron chi connectivity index (χ3n) is 5.49. The molecule has 1 N–H and O–H groups in total. The summed E-state index contributed by atoms with van der Waals surface area (Å²) in [7, 11) is 0. The lowest BCUT2D eigenvalue weighted by Gasteiger charge is -2.09. The van der Waals surface area contributed by atoms with Crippen LogP contribution < -0.4 is 5.43 Å². The lowest BCUT2D eigenvalue weighted by atomic mass is 10.0. The van der Waals surface area contributed by atoms with E-state index >= 15 is 0 Å². The maximum absolute atomic E-state index is 13.0. The number of carbonyl (C=O) groups is 1. The van der Waals surface area contributed by atoms with Crippen molar-refractivity contribution in [3.8, 4) is 22.6 Å². The molecule has 0 aliphatic carbocycles. The molecule has 36 heavy (non-hydrogen) atoms. The Balaban J connectivity index is 1.37. The van der Waals surface area contributed by atoms with Gasteiger partial charge in [0.15, 0.2) is 0 Å². The van der Waals surface area contributed by atoms with Gasteiger partial charge < -0.3 is 4.42 Å². The molecule has 0 aliphatic rings. The summed E-state index contributed by atoms with van der Waals surface area (Å²) in [5.41, 5.74) is 4.61. The number of halogens is 3. The number of hydrazone groups is 1. The Kier molecular flexibility index (Phi) is 6.08. The zero-order chi connectivity index (χ0) is 25.1. The smallest absolute Gasteiger partial charge is 0.416 e. The molecule has 178 valence electrons. The standard InChI is InChI=1S/C28H18F3N3O2/c29-28(30,31)20-10-6-9-19(15-20)26-14-13-21(36-26)17-32-34-27(35)23-16-25(18-7-2-1-3-8-18)33-24-12-5-4-11-22(23)24/h1-17H,(H,34,35)/b32-17-. The Hall–Kier alpha value is -4.72. The molecule has 2 heterocycles. The number of hydrogen-bond acceptors (Lipinski definition) is 4. The molecule has 0 bridgehead atoms. The molecule has 0 fully saturated rings. The number of carbonyl (C=O) groups excluding carboxylic acids is 1. The van der Waals surface area contributed by atoms with Gasteiger partial charge in [-0.3, -0.25) is 4.79 Å². The molecular formula is C28H18F3N3O2. The van der Waals surface area contributed by atoms with E-state index in [0.29, 0.717) is 22.2 Å². The van der Waals surface area contributed by atoms with Crippen molar-refractivity contribution in [3.05, 3.63) is 114 Å². The van der Waals surface area contributed by atoms with E-state index < -0.39 is 17.6 Å². The first kappa shape index (κ1) is 23.0. The zero-order valence-corrected chi connectivity index (χ0v) is 18.7. The maximum Gasteiger partial charge on any atom is 0.416 e. The number of benzene rings is 3. The van der Waals surface area contributed by atoms with Gasteiger partial charge in [0.25, 0.3) is 5.91 Å². The number of alkyl halides is 3. The lowest BCUT2D eigenvalue weighted by Crippen LogP contribution is -2.18. The molecule has 5 nitrogen and oxygen atoms in total. The first-order valence-electron chi connectivity index (χ1n) is 10.9. The average molecular weight is 485 g/mol. The Morgan fingerprint density at radius 2 is 1.61 bits per heavy atom. The molecule has 0 spiro atoms. The first-order chi connectivity index (χ1) is 17.4. The van der Waals surface area contributed by atoms with Crippen molar-refractivity contribution in [1.82, 2.24) is 10.4 Å². The van der Waals surface area contributed by atoms with Crippen molar-refractivity contribution in [2.45, 2.75) is 6.18 Å². The van der Waals surface area contributed by atoms with Gasteiger partial charge in [-0.05, 0) is 36.4 Å². The van der Waals surface area contributed by atoms with Crippen LogP contribution in [0.15, 0.2) is 107 Å². The minimum Gasteiger partial charge on any atom is -0.455 e. The third kappa shape index (κ3) is 4.88. The number of amides is 1. The Bertz CT molecular complexity index is 1570. The van der Waals surface area contributed by atoms with Gasteiger partial charge in [-0.1, -0.05) is 60.7 Å². The quantitative estimate of drug-likeness (QED) is 0.217. The highest BCUT2D eigenvalue weighted by atomic mass is 19.4. The maximum atomic E-state index is 13.0. The molecule has 3 aromatic carbocycles. The SMILES string of the molecule is O=C(N/N=C\c1ccc(-c2cccc(C(F)(F)F)c2)o1)c1cc(-c2ccccc2)nc2ccccc12. The minimum absolute atomic E-state index is 0.251. The number of hydrogen-bond donors (Lipinski definition) is 1. The summed E-state index contributed by atoms with van der Waals surface area (Å²) in [6.07, 6.45) is -3.16. The van der Waals surface area contributed by atoms with Crippen LogP contribution >= 0.6 is 0 Å². The van der Waals surface area contributed by atoms with Crippen LogP contribution in [-0.4, -0.2) is 17.1 Å². The van der Waals surface area contributed by atoms with Crippen molar-refractivity contribution in [1.29, 1.82) is 0 Å². The van der Waals surface area contributed by atoms with Crippen molar-refractivity contribution >= 4 is 23.0 Å². The van der Waals surface area contributed by atoms with Crippen LogP contribution in [0.25, 0.3) is 33.5 Å². The van der Waals surface area contributed by atoms with Gasteiger partial charge in [0, 0.05) is 16.5 Å². The van der Waals surface area contributed by atoms with Crippen LogP contribution in [-0.2, 0) is 6.18 Å². The van der Waals surface area contributed by atoms with Gasteiger partial charge in [-0.2, -0.15) is 18.3 Å². The molecule has 0 aliphatic heterocycles. The molecule has 1 amide bonds. The predicted molar refractivity (Wildman–Crippen MR) is 131 cm³/mol. The van der Waals surface area contributed by atoms with Crippen LogP contribution in [0.1, 0.15) is 21.7 Å². The molecule has 0 radical (unpaired) electrons. The summed E-state index contributed by atoms with van der Waals surface area (Å²) in [6.45, 7) is 0. The van der Waals surface area contributed by atoms with E-state index in [9.17, 15) is 18.0 Å². The number of nitrogens with zero attached hydrogens (tertiary/aromatic N) is 2. The molecular weight excluding hydrogens is 467 g/mol. The Morgan fingerprint density at radius 3 is 2.42 bits per heavy atom. The van der Waals surface area contributed by atoms with Gasteiger partial charge >= 0.3 is 6.18 Å². The van der Waals surface area contributed by atoms with E-state index in [4.69, 9.17) is 4.42 Å². The molecule has 2 aromatic heterocycles. The third-order valence-corrected chi connectivity index (χ3v) is 5.49. The minimum atomic E-state index is -4.45. The summed E-state index contributed by atoms with van der Waals surface area (Å²) in [6, 6.07) is 26.5. The largest absolute Gasteiger partial charge is 0.455 e. The summed E-state index contributed by atoms with van der Waals surface area (Å²) in [4.78, 5) is 17.7. The Labute approximate surface area is 203 Å². The number of para-hydroxylation sites is 1. The monoisotopic (exact) mass is 485 g/mol. The second kappa shape index (κ2) is 9.50. The van der Waals surface area contributed by atoms with E-state index in [2.05, 4.69) is 15.5 Å². The van der Waals surface area contributed by atoms with Gasteiger partial charge in [-0.25, -0.2) is 10.4 Å². The molecule has 8 heteroatoms. The van der Waals surface area contributed by atoms with Crippen molar-refractivity contribution < 1.29 is 22.4 Å². The number of rotatable bonds is 5. The average Bonchev–Trinajstić information content (AvgIpc) is 3.37. The van der Waals surface area contributed by atoms with E-state index in [0.717, 1.165) is 17.7 Å². The van der Waals surface area contributed by atoms with Crippen LogP contribution in [0.4, 0.5) is 13.2 Å². The normalized spacial score (nSPS) is 11.8. The Morgan fingerprint density at radius 1 is 0.861 bits per heavy atom. The van der Waals surface area contributed by atoms with Crippen molar-refractivity contribution in [2.24, 2.45) is 5.10 Å². The summed E-state index contributed by atoms with van der Waals surface area (Å²) in [5, 5.41) is 4.65. The molecule has 5 aromatic rings. The number of furan rings is 1. The first-order valence-corrected chi connectivity index (χ1v) is 10.9. The van der Waals surface area contributed by atoms with Crippen molar-refractivity contribution in [3.63, 3.8) is 0 Å². The number of aromatic nitrogens is 1. The number of fused-ring (bicyclic) bond motifs is 1. The van der Waals surface area contributed by atoms with Crippen molar-refractivity contribution in [2.75, 3.05) is 0 Å². The number of pyridine rings is 1. The molecule has 0 atom stereocenters. The fourth-order valence-electron chi connectivity index (χ4n) is 3.76. The van der Waals surface area contributed by atoms with Gasteiger partial charge in [0.05, 0.1) is 28.6 Å². The van der Waals surface area contributed by atoms with Crippen LogP contribution in [0.3, 0.4) is 0 Å². The van der Waals surface area contributed by atoms with Gasteiger partial charge in [-0.15, -0.1) is 0 Å². The van der Waals surface area contributed by atoms with Crippen LogP contribution in [0, 0.1) is 0 Å². The van der Waals surface area contributed by atoms with Gasteiger partial charge in [0.1, 0.15) is 11.5 Å². The second-order valence-corrected chi connectivity index (χ2v) is 7.92. The summed E-state index contributed by atoms with van der Waals surface area (Å²) < 4.78 is 44.6. The van der Waals surface area contributed by atoms with Crippen LogP contribution in [0.5, 0.6) is 0 Å². The van der Waals surface area contributed by atoms with E-state index in [1.807, 2.05) is 54.6 Å². The van der Waals surface area contributed by atoms with E-state index in [1.165, 1.54) is 18.3 Å². The molecule has 0 unspecified atom stereocenters. The lowest BCUT2D eigenvalue weighted by molar-refractivity contribution is -0.137. The number of nitrogens with one attached hydrogen (secondary N) is 1. The summed E-state index contributed by atoms with van der Waals surface area (Å²) >= 11 is 0. The van der Waals surface area contributed by atoms with E-state index in [-0.39, 0.29) is 17.1 Å². The highest BCUT2D eigenvalue weighted by Gasteiger charge is 2.30. The van der Waals surface area contributed by atoms with Gasteiger partial charge in [0.2, 0.25) is 0 Å². The molecule has 0 saturated carbocycles. The fourth-order valence-corrected chi connectivity index (χ4v) is 3.76. The highest BCUT2D eigenvalue weighted by Crippen LogP contribution is 2.32. The fraction of sp³-hybridized carbons (Fsp3) is 0.0357. The topological polar surface area (TPSA) is 67.5 Å². The zero-order valence-electron chi connectivity index (χ0n) is 18.7. The second-order valence-electron chi connectivity index (χ2n) is 7.92. The van der Waals surface area contributed by atoms with E-state index in [1.54, 1.807) is 18.2 Å². The highest BCUT2D eigenvalue weighted by molar-refractivity contribution is 6.07. The van der Waals surface area contributed by atoms with Crippen LogP contribution in [0.2, 0.25) is 0 Å². The molecule has 0 saturated heterocycles. The summed E-state index contributed by atoms with van der Waals surface area (Å²) in [5.74, 6) is 0.0838. The molecule has 5 rings (SSSR count). The predicted octanol–water partition coefficient (Wildman–Crippen LogP) is 6.94.